The predicted molar refractivity (Wildman–Crippen MR) is 134 cm³/mol. The van der Waals surface area contributed by atoms with Crippen LogP contribution in [-0.2, 0) is 24.2 Å². The van der Waals surface area contributed by atoms with Crippen molar-refractivity contribution in [2.45, 2.75) is 31.5 Å². The molecule has 34 heavy (non-hydrogen) atoms. The molecule has 0 saturated heterocycles. The normalized spacial score (nSPS) is 10.9. The van der Waals surface area contributed by atoms with Crippen LogP contribution in [0.4, 0.5) is 11.4 Å². The summed E-state index contributed by atoms with van der Waals surface area (Å²) in [5.41, 5.74) is 2.05. The number of thiophene rings is 1. The number of rotatable bonds is 10. The van der Waals surface area contributed by atoms with Crippen LogP contribution in [-0.4, -0.2) is 31.3 Å². The number of carbonyl (C=O) groups excluding carboxylic acids is 1. The Bertz CT molecular complexity index is 1270. The minimum atomic E-state index is -0.454. The van der Waals surface area contributed by atoms with Crippen LogP contribution in [0.3, 0.4) is 0 Å². The maximum atomic E-state index is 12.6. The quantitative estimate of drug-likeness (QED) is 0.187. The van der Waals surface area contributed by atoms with E-state index in [1.54, 1.807) is 30.4 Å². The number of aryl methyl sites for hydroxylation is 1. The average molecular weight is 494 g/mol. The van der Waals surface area contributed by atoms with Crippen LogP contribution in [0.1, 0.15) is 21.8 Å². The van der Waals surface area contributed by atoms with Crippen molar-refractivity contribution in [2.24, 2.45) is 0 Å². The average Bonchev–Trinajstić information content (AvgIpc) is 3.48. The SMILES string of the molecule is Cc1c(NC(=O)CSc2nnc(Cc3cccs3)n2CCc2ccccc2)cccc1[N+](=O)[O-]. The molecule has 1 N–H and O–H groups in total. The van der Waals surface area contributed by atoms with Gasteiger partial charge in [0.15, 0.2) is 5.16 Å². The molecule has 2 aromatic heterocycles. The van der Waals surface area contributed by atoms with E-state index in [-0.39, 0.29) is 17.3 Å². The monoisotopic (exact) mass is 493 g/mol. The van der Waals surface area contributed by atoms with Gasteiger partial charge in [0.1, 0.15) is 5.82 Å². The molecule has 0 fully saturated rings. The van der Waals surface area contributed by atoms with E-state index in [9.17, 15) is 14.9 Å². The fourth-order valence-electron chi connectivity index (χ4n) is 3.51. The second-order valence-electron chi connectivity index (χ2n) is 7.59. The van der Waals surface area contributed by atoms with Crippen molar-refractivity contribution in [1.82, 2.24) is 14.8 Å². The number of carbonyl (C=O) groups is 1. The largest absolute Gasteiger partial charge is 0.325 e. The molecule has 10 heteroatoms. The van der Waals surface area contributed by atoms with Gasteiger partial charge >= 0.3 is 0 Å². The number of amides is 1. The molecule has 2 heterocycles. The lowest BCUT2D eigenvalue weighted by atomic mass is 10.1. The molecule has 4 aromatic rings. The topological polar surface area (TPSA) is 103 Å². The van der Waals surface area contributed by atoms with Gasteiger partial charge in [0.05, 0.1) is 21.9 Å². The van der Waals surface area contributed by atoms with Gasteiger partial charge in [-0.1, -0.05) is 54.2 Å². The van der Waals surface area contributed by atoms with E-state index in [1.165, 1.54) is 28.3 Å². The zero-order chi connectivity index (χ0) is 23.9. The highest BCUT2D eigenvalue weighted by atomic mass is 32.2. The first kappa shape index (κ1) is 23.7. The molecule has 0 atom stereocenters. The van der Waals surface area contributed by atoms with E-state index < -0.39 is 4.92 Å². The number of hydrogen-bond donors (Lipinski definition) is 1. The fraction of sp³-hybridized carbons (Fsp3) is 0.208. The Hall–Kier alpha value is -3.50. The number of aromatic nitrogens is 3. The number of nitrogens with one attached hydrogen (secondary N) is 1. The zero-order valence-corrected chi connectivity index (χ0v) is 20.1. The summed E-state index contributed by atoms with van der Waals surface area (Å²) >= 11 is 2.98. The number of thioether (sulfide) groups is 1. The van der Waals surface area contributed by atoms with Crippen molar-refractivity contribution in [2.75, 3.05) is 11.1 Å². The maximum absolute atomic E-state index is 12.6. The van der Waals surface area contributed by atoms with Gasteiger partial charge in [-0.05, 0) is 36.4 Å². The molecule has 0 aliphatic rings. The highest BCUT2D eigenvalue weighted by Crippen LogP contribution is 2.26. The molecule has 4 rings (SSSR count). The summed E-state index contributed by atoms with van der Waals surface area (Å²) in [6, 6.07) is 18.9. The van der Waals surface area contributed by atoms with Crippen LogP contribution in [0.2, 0.25) is 0 Å². The minimum Gasteiger partial charge on any atom is -0.325 e. The smallest absolute Gasteiger partial charge is 0.274 e. The van der Waals surface area contributed by atoms with Crippen molar-refractivity contribution < 1.29 is 9.72 Å². The third-order valence-corrected chi connectivity index (χ3v) is 7.12. The van der Waals surface area contributed by atoms with Gasteiger partial charge in [-0.25, -0.2) is 0 Å². The molecule has 0 aliphatic carbocycles. The van der Waals surface area contributed by atoms with Gasteiger partial charge in [-0.2, -0.15) is 0 Å². The maximum Gasteiger partial charge on any atom is 0.274 e. The molecule has 8 nitrogen and oxygen atoms in total. The molecular weight excluding hydrogens is 470 g/mol. The number of anilines is 1. The molecular formula is C24H23N5O3S2. The van der Waals surface area contributed by atoms with Gasteiger partial charge in [0.2, 0.25) is 5.91 Å². The molecule has 0 spiro atoms. The van der Waals surface area contributed by atoms with Gasteiger partial charge in [-0.15, -0.1) is 21.5 Å². The van der Waals surface area contributed by atoms with Crippen molar-refractivity contribution in [1.29, 1.82) is 0 Å². The highest BCUT2D eigenvalue weighted by Gasteiger charge is 2.17. The van der Waals surface area contributed by atoms with Crippen molar-refractivity contribution >= 4 is 40.4 Å². The van der Waals surface area contributed by atoms with Gasteiger partial charge < -0.3 is 9.88 Å². The molecule has 1 amide bonds. The summed E-state index contributed by atoms with van der Waals surface area (Å²) in [4.78, 5) is 24.5. The Morgan fingerprint density at radius 2 is 1.94 bits per heavy atom. The van der Waals surface area contributed by atoms with E-state index in [4.69, 9.17) is 0 Å². The Kier molecular flexibility index (Phi) is 7.71. The van der Waals surface area contributed by atoms with Crippen molar-refractivity contribution in [3.8, 4) is 0 Å². The molecule has 174 valence electrons. The summed E-state index contributed by atoms with van der Waals surface area (Å²) in [6.45, 7) is 2.32. The van der Waals surface area contributed by atoms with Crippen LogP contribution in [0, 0.1) is 17.0 Å². The van der Waals surface area contributed by atoms with Crippen molar-refractivity contribution in [3.63, 3.8) is 0 Å². The molecule has 2 aromatic carbocycles. The second kappa shape index (κ2) is 11.1. The lowest BCUT2D eigenvalue weighted by molar-refractivity contribution is -0.385. The summed E-state index contributed by atoms with van der Waals surface area (Å²) in [5.74, 6) is 0.715. The van der Waals surface area contributed by atoms with Crippen LogP contribution >= 0.6 is 23.1 Å². The lowest BCUT2D eigenvalue weighted by Crippen LogP contribution is -2.16. The number of nitrogens with zero attached hydrogens (tertiary/aromatic N) is 4. The predicted octanol–water partition coefficient (Wildman–Crippen LogP) is 5.12. The van der Waals surface area contributed by atoms with E-state index in [0.717, 1.165) is 12.2 Å². The number of nitro groups is 1. The van der Waals surface area contributed by atoms with Crippen LogP contribution in [0.15, 0.2) is 71.2 Å². The van der Waals surface area contributed by atoms with Gasteiger partial charge in [0, 0.05) is 23.9 Å². The van der Waals surface area contributed by atoms with Gasteiger partial charge in [0.25, 0.3) is 5.69 Å². The third-order valence-electron chi connectivity index (χ3n) is 5.28. The summed E-state index contributed by atoms with van der Waals surface area (Å²) in [7, 11) is 0. The van der Waals surface area contributed by atoms with Crippen molar-refractivity contribution in [3.05, 3.63) is 98.0 Å². The summed E-state index contributed by atoms with van der Waals surface area (Å²) < 4.78 is 2.07. The minimum absolute atomic E-state index is 0.0238. The first-order valence-corrected chi connectivity index (χ1v) is 12.5. The van der Waals surface area contributed by atoms with Crippen LogP contribution in [0.25, 0.3) is 0 Å². The third kappa shape index (κ3) is 5.89. The molecule has 0 bridgehead atoms. The van der Waals surface area contributed by atoms with Gasteiger partial charge in [-0.3, -0.25) is 14.9 Å². The Morgan fingerprint density at radius 1 is 1.12 bits per heavy atom. The van der Waals surface area contributed by atoms with Crippen LogP contribution < -0.4 is 5.32 Å². The van der Waals surface area contributed by atoms with E-state index in [2.05, 4.69) is 38.3 Å². The molecule has 0 unspecified atom stereocenters. The number of hydrogen-bond acceptors (Lipinski definition) is 7. The molecule has 0 aliphatic heterocycles. The molecule has 0 saturated carbocycles. The number of benzene rings is 2. The second-order valence-corrected chi connectivity index (χ2v) is 9.56. The first-order chi connectivity index (χ1) is 16.5. The number of nitro benzene ring substituents is 1. The van der Waals surface area contributed by atoms with Crippen LogP contribution in [0.5, 0.6) is 0 Å². The van der Waals surface area contributed by atoms with E-state index >= 15 is 0 Å². The zero-order valence-electron chi connectivity index (χ0n) is 18.5. The Labute approximate surface area is 205 Å². The Morgan fingerprint density at radius 3 is 2.68 bits per heavy atom. The summed E-state index contributed by atoms with van der Waals surface area (Å²) in [5, 5.41) is 25.4. The fourth-order valence-corrected chi connectivity index (χ4v) is 4.99. The first-order valence-electron chi connectivity index (χ1n) is 10.7. The van der Waals surface area contributed by atoms with E-state index in [1.807, 2.05) is 29.6 Å². The summed E-state index contributed by atoms with van der Waals surface area (Å²) in [6.07, 6.45) is 1.50. The highest BCUT2D eigenvalue weighted by molar-refractivity contribution is 7.99. The van der Waals surface area contributed by atoms with E-state index in [0.29, 0.717) is 29.4 Å². The Balaban J connectivity index is 1.46. The molecule has 0 radical (unpaired) electrons. The standard InChI is InChI=1S/C24H23N5O3S2/c1-17-20(10-5-11-21(17)29(31)32)25-23(30)16-34-24-27-26-22(15-19-9-6-14-33-19)28(24)13-12-18-7-3-2-4-8-18/h2-11,14H,12-13,15-16H2,1H3,(H,25,30). The lowest BCUT2D eigenvalue weighted by Gasteiger charge is -2.11.